The van der Waals surface area contributed by atoms with Crippen LogP contribution in [0.25, 0.3) is 17.2 Å². The molecule has 2 atom stereocenters. The number of fused-ring (bicyclic) bond motifs is 1. The zero-order chi connectivity index (χ0) is 27.4. The Kier molecular flexibility index (Phi) is 9.14. The zero-order valence-electron chi connectivity index (χ0n) is 24.6. The van der Waals surface area contributed by atoms with Crippen LogP contribution in [0.2, 0.25) is 0 Å². The van der Waals surface area contributed by atoms with Gasteiger partial charge in [-0.25, -0.2) is 0 Å². The first kappa shape index (κ1) is 31.7. The van der Waals surface area contributed by atoms with Crippen molar-refractivity contribution in [2.75, 3.05) is 0 Å². The average Bonchev–Trinajstić information content (AvgIpc) is 3.43. The molecule has 0 fully saturated rings. The monoisotopic (exact) mass is 672 g/mol. The zero-order valence-corrected chi connectivity index (χ0v) is 30.2. The molecule has 0 amide bonds. The Morgan fingerprint density at radius 3 is 1.61 bits per heavy atom. The maximum absolute atomic E-state index is 4.42. The Morgan fingerprint density at radius 1 is 0.610 bits per heavy atom. The van der Waals surface area contributed by atoms with Gasteiger partial charge in [-0.2, -0.15) is 0 Å². The molecular formula is C37H40Cl2SiZr. The van der Waals surface area contributed by atoms with Crippen LogP contribution in [0.1, 0.15) is 49.4 Å². The molecule has 0 bridgehead atoms. The number of benzene rings is 4. The van der Waals surface area contributed by atoms with E-state index >= 15 is 0 Å². The van der Waals surface area contributed by atoms with Crippen LogP contribution in [-0.2, 0) is 17.4 Å². The van der Waals surface area contributed by atoms with E-state index in [1.807, 2.05) is 0 Å². The first-order valence-corrected chi connectivity index (χ1v) is 25.2. The fourth-order valence-electron chi connectivity index (χ4n) is 8.16. The second kappa shape index (κ2) is 11.8. The van der Waals surface area contributed by atoms with Crippen LogP contribution in [0.3, 0.4) is 0 Å². The molecule has 0 aliphatic heterocycles. The topological polar surface area (TPSA) is 0 Å². The van der Waals surface area contributed by atoms with Crippen LogP contribution in [-0.4, -0.2) is 6.88 Å². The van der Waals surface area contributed by atoms with Gasteiger partial charge in [0.05, 0.1) is 0 Å². The molecule has 0 aromatic heterocycles. The van der Waals surface area contributed by atoms with Gasteiger partial charge in [0.15, 0.2) is 0 Å². The predicted molar refractivity (Wildman–Crippen MR) is 184 cm³/mol. The smallest absolute Gasteiger partial charge is 0.147 e. The largest absolute Gasteiger partial charge is 0.147 e. The molecule has 210 valence electrons. The van der Waals surface area contributed by atoms with Crippen LogP contribution in [0.15, 0.2) is 135 Å². The van der Waals surface area contributed by atoms with Crippen molar-refractivity contribution < 1.29 is 17.4 Å². The van der Waals surface area contributed by atoms with E-state index in [0.717, 1.165) is 0 Å². The number of hydrogen-bond donors (Lipinski definition) is 0. The van der Waals surface area contributed by atoms with Crippen molar-refractivity contribution in [2.45, 2.75) is 38.2 Å². The third-order valence-electron chi connectivity index (χ3n) is 10.1. The van der Waals surface area contributed by atoms with Crippen molar-refractivity contribution in [3.05, 3.63) is 146 Å². The van der Waals surface area contributed by atoms with E-state index in [2.05, 4.69) is 157 Å². The summed E-state index contributed by atoms with van der Waals surface area (Å²) >= 11 is -4.42. The number of allylic oxidation sites excluding steroid dienone is 5. The summed E-state index contributed by atoms with van der Waals surface area (Å²) < 4.78 is 5.25. The summed E-state index contributed by atoms with van der Waals surface area (Å²) in [6.07, 6.45) is 2.53. The average molecular weight is 675 g/mol. The number of hydrogen-bond acceptors (Lipinski definition) is 0. The molecule has 0 saturated heterocycles. The van der Waals surface area contributed by atoms with E-state index in [1.54, 1.807) is 15.4 Å². The second-order valence-electron chi connectivity index (χ2n) is 11.8. The fourth-order valence-corrected chi connectivity index (χ4v) is 37.5. The van der Waals surface area contributed by atoms with Gasteiger partial charge >= 0.3 is 238 Å². The van der Waals surface area contributed by atoms with Crippen molar-refractivity contribution in [1.82, 2.24) is 0 Å². The first-order valence-electron chi connectivity index (χ1n) is 14.2. The third-order valence-corrected chi connectivity index (χ3v) is 37.8. The molecule has 2 aliphatic rings. The van der Waals surface area contributed by atoms with Crippen LogP contribution in [0.5, 0.6) is 0 Å². The molecule has 2 aliphatic carbocycles. The van der Waals surface area contributed by atoms with Gasteiger partial charge in [-0.1, -0.05) is 0 Å². The molecule has 0 spiro atoms. The molecular weight excluding hydrogens is 635 g/mol. The van der Waals surface area contributed by atoms with Crippen LogP contribution < -0.4 is 6.54 Å². The normalized spacial score (nSPS) is 18.4. The molecule has 0 heterocycles. The minimum atomic E-state index is -4.42. The van der Waals surface area contributed by atoms with E-state index in [0.29, 0.717) is 9.54 Å². The summed E-state index contributed by atoms with van der Waals surface area (Å²) in [7, 11) is 0. The summed E-state index contributed by atoms with van der Waals surface area (Å²) in [5.74, 6) is 0.433. The molecule has 0 nitrogen and oxygen atoms in total. The number of halogens is 2. The maximum Gasteiger partial charge on any atom is -0.147 e. The van der Waals surface area contributed by atoms with Crippen molar-refractivity contribution in [3.63, 3.8) is 0 Å². The third kappa shape index (κ3) is 4.49. The van der Waals surface area contributed by atoms with E-state index in [9.17, 15) is 0 Å². The molecule has 41 heavy (non-hydrogen) atoms. The molecule has 0 radical (unpaired) electrons. The predicted octanol–water partition coefficient (Wildman–Crippen LogP) is 8.80. The van der Waals surface area contributed by atoms with Crippen LogP contribution in [0, 0.1) is 5.92 Å². The number of rotatable bonds is 5. The van der Waals surface area contributed by atoms with Gasteiger partial charge in [0.2, 0.25) is 0 Å². The van der Waals surface area contributed by atoms with Gasteiger partial charge in [0.1, 0.15) is 0 Å². The van der Waals surface area contributed by atoms with Crippen LogP contribution >= 0.6 is 24.8 Å². The Labute approximate surface area is 261 Å². The molecule has 4 heteroatoms. The summed E-state index contributed by atoms with van der Waals surface area (Å²) in [5, 5.41) is 0. The Morgan fingerprint density at radius 2 is 1.12 bits per heavy atom. The van der Waals surface area contributed by atoms with Gasteiger partial charge in [0, 0.05) is 0 Å². The van der Waals surface area contributed by atoms with Gasteiger partial charge < -0.3 is 0 Å². The van der Waals surface area contributed by atoms with Crippen molar-refractivity contribution >= 4 is 44.3 Å². The SMILES string of the molecule is CC1=Cc2c(-c3ccccc3)cccc2[CH]1[Zr](=[SiH2])([C]1=C(C)C(C)=C(C)C1C)([c]1ccccc1)[c]1ccccc1.Cl.Cl. The van der Waals surface area contributed by atoms with Gasteiger partial charge in [-0.15, -0.1) is 24.8 Å². The fraction of sp³-hybridized carbons (Fsp3) is 0.189. The van der Waals surface area contributed by atoms with Gasteiger partial charge in [-0.3, -0.25) is 0 Å². The first-order chi connectivity index (χ1) is 18.8. The van der Waals surface area contributed by atoms with Gasteiger partial charge in [0.25, 0.3) is 0 Å². The summed E-state index contributed by atoms with van der Waals surface area (Å²) in [5.41, 5.74) is 11.6. The standard InChI is InChI=1S/C16H13.C9H13.2C6H5.2ClH.H2Si.Zr/c1-12-10-14-8-5-9-15(16(14)11-12)13-6-3-2-4-7-13;1-6-5-7(2)9(4)8(6)3;2*1-2-4-6-5-3-1;;;;/h2-11H,1H3;6H,1-4H3;2*1-5H;2*1H;1H2;. The molecule has 0 saturated carbocycles. The second-order valence-corrected chi connectivity index (χ2v) is 33.7. The molecule has 6 rings (SSSR count). The van der Waals surface area contributed by atoms with Gasteiger partial charge in [-0.05, 0) is 0 Å². The molecule has 0 N–H and O–H groups in total. The van der Waals surface area contributed by atoms with E-state index < -0.39 is 17.4 Å². The summed E-state index contributed by atoms with van der Waals surface area (Å²) in [4.78, 5) is 0. The Balaban J connectivity index is 0.00000194. The Hall–Kier alpha value is -2.22. The molecule has 4 aromatic carbocycles. The molecule has 2 unspecified atom stereocenters. The van der Waals surface area contributed by atoms with Crippen molar-refractivity contribution in [1.29, 1.82) is 0 Å². The summed E-state index contributed by atoms with van der Waals surface area (Å²) in [6, 6.07) is 41.3. The maximum atomic E-state index is 2.53. The van der Waals surface area contributed by atoms with Crippen molar-refractivity contribution in [3.8, 4) is 11.1 Å². The van der Waals surface area contributed by atoms with Crippen molar-refractivity contribution in [2.24, 2.45) is 5.92 Å². The van der Waals surface area contributed by atoms with E-state index in [1.165, 1.54) is 39.0 Å². The molecule has 4 aromatic rings. The Bertz CT molecular complexity index is 1710. The minimum absolute atomic E-state index is 0. The quantitative estimate of drug-likeness (QED) is 0.186. The summed E-state index contributed by atoms with van der Waals surface area (Å²) in [6.45, 7) is 14.5. The van der Waals surface area contributed by atoms with Crippen LogP contribution in [0.4, 0.5) is 0 Å². The minimum Gasteiger partial charge on any atom is -0.147 e. The van der Waals surface area contributed by atoms with E-state index in [-0.39, 0.29) is 24.8 Å². The van der Waals surface area contributed by atoms with E-state index in [4.69, 9.17) is 0 Å².